The average Bonchev–Trinajstić information content (AvgIpc) is 3.15. The van der Waals surface area contributed by atoms with Crippen molar-refractivity contribution in [3.63, 3.8) is 0 Å². The predicted octanol–water partition coefficient (Wildman–Crippen LogP) is 3.10. The lowest BCUT2D eigenvalue weighted by Gasteiger charge is -2.16. The van der Waals surface area contributed by atoms with Gasteiger partial charge >= 0.3 is 11.9 Å². The molecule has 0 fully saturated rings. The Morgan fingerprint density at radius 3 is 2.59 bits per heavy atom. The second-order valence-corrected chi connectivity index (χ2v) is 7.29. The van der Waals surface area contributed by atoms with Crippen molar-refractivity contribution in [1.82, 2.24) is 5.32 Å². The average molecular weight is 415 g/mol. The van der Waals surface area contributed by atoms with Gasteiger partial charge in [-0.2, -0.15) is 0 Å². The molecule has 1 aromatic heterocycles. The van der Waals surface area contributed by atoms with E-state index in [9.17, 15) is 18.8 Å². The molecule has 8 heteroatoms. The van der Waals surface area contributed by atoms with E-state index in [1.165, 1.54) is 25.3 Å². The molecular weight excluding hydrogens is 397 g/mol. The number of carbonyl (C=O) groups excluding carboxylic acids is 3. The number of hydrogen-bond acceptors (Lipinski definition) is 6. The number of ether oxygens (including phenoxy) is 2. The Hall–Kier alpha value is -3.26. The van der Waals surface area contributed by atoms with E-state index in [1.54, 1.807) is 6.07 Å². The maximum atomic E-state index is 13.3. The minimum atomic E-state index is -0.902. The molecule has 29 heavy (non-hydrogen) atoms. The van der Waals surface area contributed by atoms with E-state index < -0.39 is 36.3 Å². The summed E-state index contributed by atoms with van der Waals surface area (Å²) >= 11 is 1.14. The van der Waals surface area contributed by atoms with Gasteiger partial charge in [0.25, 0.3) is 5.91 Å². The third kappa shape index (κ3) is 5.39. The van der Waals surface area contributed by atoms with Crippen molar-refractivity contribution in [2.45, 2.75) is 12.5 Å². The van der Waals surface area contributed by atoms with Crippen LogP contribution in [0.25, 0.3) is 10.1 Å². The largest absolute Gasteiger partial charge is 0.467 e. The number of esters is 2. The predicted molar refractivity (Wildman–Crippen MR) is 106 cm³/mol. The Balaban J connectivity index is 1.59. The van der Waals surface area contributed by atoms with Gasteiger partial charge in [0.15, 0.2) is 6.61 Å². The van der Waals surface area contributed by atoms with E-state index in [2.05, 4.69) is 5.32 Å². The number of methoxy groups -OCH3 is 1. The van der Waals surface area contributed by atoms with Crippen LogP contribution in [0.15, 0.2) is 54.6 Å². The fraction of sp³-hybridized carbons (Fsp3) is 0.190. The molecule has 0 saturated heterocycles. The van der Waals surface area contributed by atoms with Gasteiger partial charge < -0.3 is 14.8 Å². The highest BCUT2D eigenvalue weighted by Crippen LogP contribution is 2.26. The van der Waals surface area contributed by atoms with Crippen LogP contribution < -0.4 is 5.32 Å². The summed E-state index contributed by atoms with van der Waals surface area (Å²) < 4.78 is 23.8. The third-order valence-electron chi connectivity index (χ3n) is 4.12. The number of amides is 1. The maximum Gasteiger partial charge on any atom is 0.348 e. The fourth-order valence-corrected chi connectivity index (χ4v) is 3.68. The van der Waals surface area contributed by atoms with E-state index in [0.717, 1.165) is 21.6 Å². The van der Waals surface area contributed by atoms with Gasteiger partial charge in [0, 0.05) is 11.1 Å². The van der Waals surface area contributed by atoms with Crippen LogP contribution in [0.4, 0.5) is 4.39 Å². The lowest BCUT2D eigenvalue weighted by atomic mass is 10.1. The molecule has 2 aromatic carbocycles. The Kier molecular flexibility index (Phi) is 6.56. The quantitative estimate of drug-likeness (QED) is 0.600. The van der Waals surface area contributed by atoms with Gasteiger partial charge in [0.05, 0.1) is 7.11 Å². The van der Waals surface area contributed by atoms with Gasteiger partial charge in [-0.1, -0.05) is 30.3 Å². The standard InChI is InChI=1S/C21H18FNO5S/c1-27-20(25)16(9-13-5-3-2-4-6-13)23-19(24)12-28-21(26)18-11-14-10-15(22)7-8-17(14)29-18/h2-8,10-11,16H,9,12H2,1H3,(H,23,24)/t16-/m1/s1. The van der Waals surface area contributed by atoms with Crippen molar-refractivity contribution in [2.24, 2.45) is 0 Å². The third-order valence-corrected chi connectivity index (χ3v) is 5.21. The number of halogens is 1. The molecule has 1 heterocycles. The SMILES string of the molecule is COC(=O)[C@@H](Cc1ccccc1)NC(=O)COC(=O)c1cc2cc(F)ccc2s1. The molecular formula is C21H18FNO5S. The van der Waals surface area contributed by atoms with Gasteiger partial charge in [-0.05, 0) is 35.2 Å². The zero-order valence-electron chi connectivity index (χ0n) is 15.5. The first-order chi connectivity index (χ1) is 14.0. The molecule has 3 aromatic rings. The van der Waals surface area contributed by atoms with E-state index in [-0.39, 0.29) is 11.3 Å². The number of nitrogens with one attached hydrogen (secondary N) is 1. The highest BCUT2D eigenvalue weighted by atomic mass is 32.1. The van der Waals surface area contributed by atoms with Crippen LogP contribution >= 0.6 is 11.3 Å². The van der Waals surface area contributed by atoms with Crippen LogP contribution in [0, 0.1) is 5.82 Å². The fourth-order valence-electron chi connectivity index (χ4n) is 2.74. The molecule has 0 aliphatic rings. The highest BCUT2D eigenvalue weighted by Gasteiger charge is 2.23. The molecule has 0 spiro atoms. The molecule has 0 unspecified atom stereocenters. The van der Waals surface area contributed by atoms with Crippen LogP contribution in [0.2, 0.25) is 0 Å². The number of fused-ring (bicyclic) bond motifs is 1. The van der Waals surface area contributed by atoms with Crippen molar-refractivity contribution in [3.8, 4) is 0 Å². The van der Waals surface area contributed by atoms with Crippen molar-refractivity contribution in [1.29, 1.82) is 0 Å². The summed E-state index contributed by atoms with van der Waals surface area (Å²) in [6, 6.07) is 13.9. The molecule has 3 rings (SSSR count). The number of rotatable bonds is 7. The minimum absolute atomic E-state index is 0.245. The maximum absolute atomic E-state index is 13.3. The molecule has 0 bridgehead atoms. The number of hydrogen-bond donors (Lipinski definition) is 1. The van der Waals surface area contributed by atoms with Gasteiger partial charge in [0.2, 0.25) is 0 Å². The first kappa shape index (κ1) is 20.5. The summed E-state index contributed by atoms with van der Waals surface area (Å²) in [4.78, 5) is 36.6. The van der Waals surface area contributed by atoms with E-state index in [4.69, 9.17) is 9.47 Å². The van der Waals surface area contributed by atoms with Crippen LogP contribution in [-0.4, -0.2) is 37.6 Å². The molecule has 1 atom stereocenters. The van der Waals surface area contributed by atoms with E-state index >= 15 is 0 Å². The van der Waals surface area contributed by atoms with Crippen LogP contribution in [0.1, 0.15) is 15.2 Å². The van der Waals surface area contributed by atoms with Gasteiger partial charge in [0.1, 0.15) is 16.7 Å². The lowest BCUT2D eigenvalue weighted by molar-refractivity contribution is -0.145. The Labute approximate surface area is 170 Å². The summed E-state index contributed by atoms with van der Waals surface area (Å²) in [5.41, 5.74) is 0.845. The molecule has 1 N–H and O–H groups in total. The summed E-state index contributed by atoms with van der Waals surface area (Å²) in [5, 5.41) is 3.10. The number of benzene rings is 2. The monoisotopic (exact) mass is 415 g/mol. The van der Waals surface area contributed by atoms with Crippen molar-refractivity contribution in [3.05, 3.63) is 70.9 Å². The van der Waals surface area contributed by atoms with Crippen molar-refractivity contribution in [2.75, 3.05) is 13.7 Å². The Bertz CT molecular complexity index is 1030. The van der Waals surface area contributed by atoms with Gasteiger partial charge in [-0.25, -0.2) is 14.0 Å². The Morgan fingerprint density at radius 2 is 1.86 bits per heavy atom. The summed E-state index contributed by atoms with van der Waals surface area (Å²) in [6.45, 7) is -0.552. The van der Waals surface area contributed by atoms with Crippen molar-refractivity contribution < 1.29 is 28.2 Å². The highest BCUT2D eigenvalue weighted by molar-refractivity contribution is 7.20. The molecule has 0 saturated carbocycles. The second-order valence-electron chi connectivity index (χ2n) is 6.20. The van der Waals surface area contributed by atoms with Gasteiger partial charge in [-0.15, -0.1) is 11.3 Å². The molecule has 0 aliphatic heterocycles. The molecule has 6 nitrogen and oxygen atoms in total. The first-order valence-electron chi connectivity index (χ1n) is 8.73. The van der Waals surface area contributed by atoms with Crippen LogP contribution in [0.3, 0.4) is 0 Å². The molecule has 150 valence electrons. The zero-order chi connectivity index (χ0) is 20.8. The minimum Gasteiger partial charge on any atom is -0.467 e. The molecule has 1 amide bonds. The smallest absolute Gasteiger partial charge is 0.348 e. The second kappa shape index (κ2) is 9.29. The van der Waals surface area contributed by atoms with Crippen LogP contribution in [0.5, 0.6) is 0 Å². The van der Waals surface area contributed by atoms with E-state index in [0.29, 0.717) is 5.39 Å². The topological polar surface area (TPSA) is 81.7 Å². The zero-order valence-corrected chi connectivity index (χ0v) is 16.3. The van der Waals surface area contributed by atoms with Crippen molar-refractivity contribution >= 4 is 39.3 Å². The van der Waals surface area contributed by atoms with Crippen LogP contribution in [-0.2, 0) is 25.5 Å². The van der Waals surface area contributed by atoms with Gasteiger partial charge in [-0.3, -0.25) is 4.79 Å². The van der Waals surface area contributed by atoms with E-state index in [1.807, 2.05) is 30.3 Å². The normalized spacial score (nSPS) is 11.7. The molecule has 0 aliphatic carbocycles. The number of carbonyl (C=O) groups is 3. The lowest BCUT2D eigenvalue weighted by Crippen LogP contribution is -2.44. The molecule has 0 radical (unpaired) electrons. The summed E-state index contributed by atoms with van der Waals surface area (Å²) in [7, 11) is 1.23. The number of thiophene rings is 1. The summed E-state index contributed by atoms with van der Waals surface area (Å²) in [6.07, 6.45) is 0.245. The summed E-state index contributed by atoms with van der Waals surface area (Å²) in [5.74, 6) is -2.32. The first-order valence-corrected chi connectivity index (χ1v) is 9.55. The Morgan fingerprint density at radius 1 is 1.10 bits per heavy atom.